The maximum Gasteiger partial charge on any atom is 0.328 e. The molecule has 0 radical (unpaired) electrons. The smallest absolute Gasteiger partial charge is 0.328 e. The van der Waals surface area contributed by atoms with Gasteiger partial charge in [-0.1, -0.05) is 24.3 Å². The highest BCUT2D eigenvalue weighted by atomic mass is 16.5. The van der Waals surface area contributed by atoms with Crippen molar-refractivity contribution in [1.82, 2.24) is 14.5 Å². The van der Waals surface area contributed by atoms with Gasteiger partial charge in [0.05, 0.1) is 18.0 Å². The van der Waals surface area contributed by atoms with Crippen molar-refractivity contribution in [3.05, 3.63) is 74.9 Å². The lowest BCUT2D eigenvalue weighted by atomic mass is 9.64. The van der Waals surface area contributed by atoms with E-state index in [1.54, 1.807) is 19.2 Å². The molecule has 2 aromatic carbocycles. The molecule has 1 aliphatic heterocycles. The zero-order valence-corrected chi connectivity index (χ0v) is 16.5. The first-order valence-electron chi connectivity index (χ1n) is 10.2. The highest BCUT2D eigenvalue weighted by Gasteiger charge is 2.47. The molecule has 3 aromatic rings. The maximum atomic E-state index is 12.7. The van der Waals surface area contributed by atoms with E-state index in [2.05, 4.69) is 28.1 Å². The number of nitrogens with zero attached hydrogens (tertiary/aromatic N) is 2. The van der Waals surface area contributed by atoms with Crippen LogP contribution in [0.25, 0.3) is 10.9 Å². The van der Waals surface area contributed by atoms with Gasteiger partial charge in [-0.2, -0.15) is 0 Å². The molecule has 3 atom stereocenters. The summed E-state index contributed by atoms with van der Waals surface area (Å²) < 4.78 is 6.71. The fourth-order valence-electron chi connectivity index (χ4n) is 5.08. The molecule has 2 heterocycles. The number of likely N-dealkylation sites (tertiary alicyclic amines) is 1. The van der Waals surface area contributed by atoms with E-state index in [-0.39, 0.29) is 11.2 Å². The van der Waals surface area contributed by atoms with Gasteiger partial charge < -0.3 is 14.6 Å². The van der Waals surface area contributed by atoms with Crippen LogP contribution < -0.4 is 16.0 Å². The van der Waals surface area contributed by atoms with E-state index < -0.39 is 0 Å². The van der Waals surface area contributed by atoms with Crippen LogP contribution in [0.5, 0.6) is 5.75 Å². The van der Waals surface area contributed by atoms with Crippen molar-refractivity contribution in [2.45, 2.75) is 18.9 Å². The number of H-pyrrole nitrogens is 1. The number of ether oxygens (including phenoxy) is 1. The second kappa shape index (κ2) is 7.19. The molecular weight excluding hydrogens is 366 g/mol. The molecular formula is C23H25N3O3. The largest absolute Gasteiger partial charge is 0.497 e. The van der Waals surface area contributed by atoms with Crippen LogP contribution in [0, 0.1) is 11.8 Å². The fourth-order valence-corrected chi connectivity index (χ4v) is 5.08. The Labute approximate surface area is 168 Å². The fraction of sp³-hybridized carbons (Fsp3) is 0.391. The molecule has 6 heteroatoms. The molecule has 5 rings (SSSR count). The number of aromatic amines is 1. The number of hydrogen-bond donors (Lipinski definition) is 1. The van der Waals surface area contributed by atoms with Crippen LogP contribution in [0.4, 0.5) is 0 Å². The van der Waals surface area contributed by atoms with Gasteiger partial charge in [-0.15, -0.1) is 0 Å². The Bertz CT molecular complexity index is 1170. The van der Waals surface area contributed by atoms with Crippen LogP contribution in [-0.2, 0) is 6.54 Å². The van der Waals surface area contributed by atoms with E-state index in [9.17, 15) is 9.59 Å². The summed E-state index contributed by atoms with van der Waals surface area (Å²) in [6.07, 6.45) is 1.20. The minimum atomic E-state index is -0.329. The Morgan fingerprint density at radius 2 is 1.93 bits per heavy atom. The molecule has 0 bridgehead atoms. The van der Waals surface area contributed by atoms with Crippen LogP contribution in [0.2, 0.25) is 0 Å². The van der Waals surface area contributed by atoms with Gasteiger partial charge >= 0.3 is 5.69 Å². The summed E-state index contributed by atoms with van der Waals surface area (Å²) in [5.41, 5.74) is 1.42. The summed E-state index contributed by atoms with van der Waals surface area (Å²) in [6, 6.07) is 15.6. The topological polar surface area (TPSA) is 67.3 Å². The van der Waals surface area contributed by atoms with Gasteiger partial charge in [-0.25, -0.2) is 4.79 Å². The third kappa shape index (κ3) is 3.17. The summed E-state index contributed by atoms with van der Waals surface area (Å²) in [4.78, 5) is 30.3. The Kier molecular flexibility index (Phi) is 4.51. The van der Waals surface area contributed by atoms with E-state index in [0.717, 1.165) is 25.4 Å². The van der Waals surface area contributed by atoms with E-state index in [0.29, 0.717) is 35.2 Å². The van der Waals surface area contributed by atoms with Crippen molar-refractivity contribution in [1.29, 1.82) is 0 Å². The summed E-state index contributed by atoms with van der Waals surface area (Å²) in [6.45, 7) is 3.21. The van der Waals surface area contributed by atoms with Crippen molar-refractivity contribution in [3.63, 3.8) is 0 Å². The van der Waals surface area contributed by atoms with Crippen molar-refractivity contribution < 1.29 is 4.74 Å². The SMILES string of the molecule is COc1cccc(C2CC3CN(CCn4c(=O)[nH]c5ccccc5c4=O)CC32)c1. The lowest BCUT2D eigenvalue weighted by molar-refractivity contribution is 0.190. The standard InChI is InChI=1S/C23H25N3O3/c1-29-17-6-4-5-15(11-17)19-12-16-13-25(14-20(16)19)9-10-26-22(27)18-7-2-3-8-21(18)24-23(26)28/h2-8,11,16,19-20H,9-10,12-14H2,1H3,(H,24,28). The predicted octanol–water partition coefficient (Wildman–Crippen LogP) is 2.43. The third-order valence-electron chi connectivity index (χ3n) is 6.69. The number of fused-ring (bicyclic) bond motifs is 2. The summed E-state index contributed by atoms with van der Waals surface area (Å²) in [7, 11) is 1.70. The maximum absolute atomic E-state index is 12.7. The van der Waals surface area contributed by atoms with Gasteiger partial charge in [0.25, 0.3) is 5.56 Å². The third-order valence-corrected chi connectivity index (χ3v) is 6.69. The first kappa shape index (κ1) is 18.2. The number of benzene rings is 2. The van der Waals surface area contributed by atoms with Gasteiger partial charge in [0.2, 0.25) is 0 Å². The molecule has 2 aliphatic rings. The average molecular weight is 391 g/mol. The lowest BCUT2D eigenvalue weighted by Gasteiger charge is -2.40. The van der Waals surface area contributed by atoms with Gasteiger partial charge in [-0.05, 0) is 54.0 Å². The first-order valence-corrected chi connectivity index (χ1v) is 10.2. The normalized spacial score (nSPS) is 23.7. The average Bonchev–Trinajstić information content (AvgIpc) is 3.04. The Morgan fingerprint density at radius 1 is 1.07 bits per heavy atom. The molecule has 1 aliphatic carbocycles. The minimum absolute atomic E-state index is 0.208. The van der Waals surface area contributed by atoms with Crippen LogP contribution in [0.1, 0.15) is 17.9 Å². The molecule has 0 spiro atoms. The Balaban J connectivity index is 1.28. The molecule has 2 fully saturated rings. The predicted molar refractivity (Wildman–Crippen MR) is 113 cm³/mol. The second-order valence-electron chi connectivity index (χ2n) is 8.23. The summed E-state index contributed by atoms with van der Waals surface area (Å²) >= 11 is 0. The van der Waals surface area contributed by atoms with E-state index >= 15 is 0 Å². The number of methoxy groups -OCH3 is 1. The van der Waals surface area contributed by atoms with Crippen LogP contribution in [0.15, 0.2) is 58.1 Å². The molecule has 6 nitrogen and oxygen atoms in total. The van der Waals surface area contributed by atoms with Crippen LogP contribution in [-0.4, -0.2) is 41.2 Å². The quantitative estimate of drug-likeness (QED) is 0.725. The van der Waals surface area contributed by atoms with Gasteiger partial charge in [0.1, 0.15) is 5.75 Å². The zero-order chi connectivity index (χ0) is 20.0. The number of rotatable bonds is 5. The van der Waals surface area contributed by atoms with Crippen LogP contribution >= 0.6 is 0 Å². The Morgan fingerprint density at radius 3 is 2.79 bits per heavy atom. The van der Waals surface area contributed by atoms with E-state index in [1.165, 1.54) is 16.6 Å². The monoisotopic (exact) mass is 391 g/mol. The second-order valence-corrected chi connectivity index (χ2v) is 8.23. The number of nitrogens with one attached hydrogen (secondary N) is 1. The summed E-state index contributed by atoms with van der Waals surface area (Å²) in [5.74, 6) is 2.84. The molecule has 1 N–H and O–H groups in total. The number of aromatic nitrogens is 2. The highest BCUT2D eigenvalue weighted by molar-refractivity contribution is 5.76. The zero-order valence-electron chi connectivity index (χ0n) is 16.5. The number of hydrogen-bond acceptors (Lipinski definition) is 4. The van der Waals surface area contributed by atoms with Crippen molar-refractivity contribution >= 4 is 10.9 Å². The van der Waals surface area contributed by atoms with E-state index in [1.807, 2.05) is 18.2 Å². The first-order chi connectivity index (χ1) is 14.1. The molecule has 29 heavy (non-hydrogen) atoms. The van der Waals surface area contributed by atoms with Gasteiger partial charge in [0.15, 0.2) is 0 Å². The molecule has 150 valence electrons. The van der Waals surface area contributed by atoms with E-state index in [4.69, 9.17) is 4.74 Å². The van der Waals surface area contributed by atoms with Gasteiger partial charge in [0, 0.05) is 26.2 Å². The lowest BCUT2D eigenvalue weighted by Crippen LogP contribution is -2.38. The van der Waals surface area contributed by atoms with Crippen LogP contribution in [0.3, 0.4) is 0 Å². The summed E-state index contributed by atoms with van der Waals surface area (Å²) in [5, 5.41) is 0.562. The van der Waals surface area contributed by atoms with Gasteiger partial charge in [-0.3, -0.25) is 9.36 Å². The van der Waals surface area contributed by atoms with Crippen molar-refractivity contribution in [2.75, 3.05) is 26.7 Å². The molecule has 1 saturated heterocycles. The highest BCUT2D eigenvalue weighted by Crippen LogP contribution is 2.51. The molecule has 1 saturated carbocycles. The number of para-hydroxylation sites is 1. The molecule has 3 unspecified atom stereocenters. The molecule has 1 aromatic heterocycles. The van der Waals surface area contributed by atoms with Crippen molar-refractivity contribution in [3.8, 4) is 5.75 Å². The molecule has 0 amide bonds. The Hall–Kier alpha value is -2.86. The van der Waals surface area contributed by atoms with Crippen molar-refractivity contribution in [2.24, 2.45) is 11.8 Å². The minimum Gasteiger partial charge on any atom is -0.497 e.